The molecule has 0 spiro atoms. The van der Waals surface area contributed by atoms with Crippen LogP contribution in [0.2, 0.25) is 0 Å². The average Bonchev–Trinajstić information content (AvgIpc) is 2.90. The first-order chi connectivity index (χ1) is 18.3. The van der Waals surface area contributed by atoms with Crippen molar-refractivity contribution >= 4 is 17.3 Å². The van der Waals surface area contributed by atoms with Crippen molar-refractivity contribution in [2.45, 2.75) is 69.1 Å². The van der Waals surface area contributed by atoms with Crippen molar-refractivity contribution in [2.75, 3.05) is 7.11 Å². The molecule has 39 heavy (non-hydrogen) atoms. The second-order valence-corrected chi connectivity index (χ2v) is 10.2. The molecule has 208 valence electrons. The Balaban J connectivity index is 1.70. The molecule has 12 heteroatoms. The number of alkyl halides is 1. The summed E-state index contributed by atoms with van der Waals surface area (Å²) < 4.78 is 31.6. The highest BCUT2D eigenvalue weighted by Gasteiger charge is 2.51. The van der Waals surface area contributed by atoms with Crippen molar-refractivity contribution < 1.29 is 53.4 Å². The number of nitrogens with two attached hydrogens (primary N) is 1. The van der Waals surface area contributed by atoms with Crippen molar-refractivity contribution in [1.29, 1.82) is 0 Å². The lowest BCUT2D eigenvalue weighted by molar-refractivity contribution is -0.273. The molecule has 2 aliphatic carbocycles. The lowest BCUT2D eigenvalue weighted by Crippen LogP contribution is -2.59. The maximum atomic E-state index is 15.0. The number of phenolic OH excluding ortho intramolecular Hbond substituents is 2. The number of aromatic hydroxyl groups is 2. The fraction of sp³-hybridized carbons (Fsp3) is 0.444. The SMILES string of the molecule is COc1cccc2c1C(=O)c1c(O)c3c(c(O)c1C2=O)C[C@@](O)(C(C)=O)C[C@@H]3O[C@@H]1O[C@@H](C)[C@@H](N)[C@@H](O)[C@H]1F. The first-order valence-electron chi connectivity index (χ1n) is 12.3. The van der Waals surface area contributed by atoms with Crippen LogP contribution in [0, 0.1) is 0 Å². The number of carbonyl (C=O) groups excluding carboxylic acids is 3. The molecule has 1 aliphatic heterocycles. The number of benzene rings is 2. The third-order valence-electron chi connectivity index (χ3n) is 7.90. The van der Waals surface area contributed by atoms with Crippen LogP contribution >= 0.6 is 0 Å². The van der Waals surface area contributed by atoms with Gasteiger partial charge < -0.3 is 40.4 Å². The van der Waals surface area contributed by atoms with Crippen LogP contribution in [-0.2, 0) is 20.7 Å². The van der Waals surface area contributed by atoms with E-state index >= 15 is 4.39 Å². The minimum atomic E-state index is -2.14. The number of hydrogen-bond donors (Lipinski definition) is 5. The number of phenols is 2. The van der Waals surface area contributed by atoms with Crippen LogP contribution in [0.3, 0.4) is 0 Å². The molecule has 3 aliphatic rings. The summed E-state index contributed by atoms with van der Waals surface area (Å²) in [5, 5.41) is 44.1. The summed E-state index contributed by atoms with van der Waals surface area (Å²) in [6.07, 6.45) is -8.92. The van der Waals surface area contributed by atoms with E-state index < -0.39 is 95.2 Å². The lowest BCUT2D eigenvalue weighted by atomic mass is 9.72. The van der Waals surface area contributed by atoms with Crippen LogP contribution in [-0.4, -0.2) is 81.2 Å². The molecule has 1 fully saturated rings. The predicted molar refractivity (Wildman–Crippen MR) is 131 cm³/mol. The van der Waals surface area contributed by atoms with Crippen LogP contribution in [0.25, 0.3) is 0 Å². The number of halogens is 1. The molecule has 0 unspecified atom stereocenters. The van der Waals surface area contributed by atoms with Crippen molar-refractivity contribution in [3.8, 4) is 17.2 Å². The zero-order valence-electron chi connectivity index (χ0n) is 21.3. The first-order valence-corrected chi connectivity index (χ1v) is 12.3. The van der Waals surface area contributed by atoms with Gasteiger partial charge in [0.05, 0.1) is 42.0 Å². The van der Waals surface area contributed by atoms with Gasteiger partial charge in [0.25, 0.3) is 0 Å². The Kier molecular flexibility index (Phi) is 6.51. The molecule has 2 aromatic rings. The van der Waals surface area contributed by atoms with E-state index in [1.54, 1.807) is 0 Å². The van der Waals surface area contributed by atoms with Gasteiger partial charge in [-0.1, -0.05) is 12.1 Å². The molecular formula is C27H28FNO10. The van der Waals surface area contributed by atoms with E-state index in [-0.39, 0.29) is 28.0 Å². The Morgan fingerprint density at radius 1 is 1.15 bits per heavy atom. The highest BCUT2D eigenvalue weighted by molar-refractivity contribution is 6.31. The molecule has 5 rings (SSSR count). The fourth-order valence-corrected chi connectivity index (χ4v) is 5.60. The maximum absolute atomic E-state index is 15.0. The van der Waals surface area contributed by atoms with Gasteiger partial charge in [-0.2, -0.15) is 0 Å². The molecule has 0 saturated carbocycles. The maximum Gasteiger partial charge on any atom is 0.202 e. The molecule has 2 aromatic carbocycles. The van der Waals surface area contributed by atoms with Crippen LogP contribution in [0.15, 0.2) is 18.2 Å². The van der Waals surface area contributed by atoms with E-state index in [1.165, 1.54) is 32.2 Å². The fourth-order valence-electron chi connectivity index (χ4n) is 5.60. The zero-order chi connectivity index (χ0) is 28.5. The number of ether oxygens (including phenoxy) is 3. The molecule has 0 aromatic heterocycles. The number of ketones is 3. The van der Waals surface area contributed by atoms with Gasteiger partial charge in [-0.3, -0.25) is 14.4 Å². The summed E-state index contributed by atoms with van der Waals surface area (Å²) in [5.74, 6) is -3.70. The van der Waals surface area contributed by atoms with E-state index in [0.717, 1.165) is 6.92 Å². The average molecular weight is 546 g/mol. The first kappa shape index (κ1) is 27.2. The number of aliphatic hydroxyl groups is 2. The van der Waals surface area contributed by atoms with Crippen LogP contribution in [0.5, 0.6) is 17.2 Å². The smallest absolute Gasteiger partial charge is 0.202 e. The predicted octanol–water partition coefficient (Wildman–Crippen LogP) is 0.977. The molecule has 6 N–H and O–H groups in total. The van der Waals surface area contributed by atoms with Gasteiger partial charge in [0, 0.05) is 29.5 Å². The van der Waals surface area contributed by atoms with Crippen molar-refractivity contribution in [1.82, 2.24) is 0 Å². The molecule has 0 bridgehead atoms. The molecule has 7 atom stereocenters. The topological polar surface area (TPSA) is 186 Å². The van der Waals surface area contributed by atoms with E-state index in [0.29, 0.717) is 0 Å². The molecule has 0 radical (unpaired) electrons. The van der Waals surface area contributed by atoms with Crippen LogP contribution < -0.4 is 10.5 Å². The quantitative estimate of drug-likeness (QED) is 0.294. The number of fused-ring (bicyclic) bond motifs is 3. The summed E-state index contributed by atoms with van der Waals surface area (Å²) in [4.78, 5) is 39.6. The van der Waals surface area contributed by atoms with Gasteiger partial charge >= 0.3 is 0 Å². The van der Waals surface area contributed by atoms with Crippen molar-refractivity contribution in [3.05, 3.63) is 51.6 Å². The molecule has 1 saturated heterocycles. The molecule has 11 nitrogen and oxygen atoms in total. The summed E-state index contributed by atoms with van der Waals surface area (Å²) in [5.41, 5.74) is 1.98. The summed E-state index contributed by atoms with van der Waals surface area (Å²) in [6.45, 7) is 2.60. The Morgan fingerprint density at radius 3 is 2.46 bits per heavy atom. The van der Waals surface area contributed by atoms with E-state index in [4.69, 9.17) is 19.9 Å². The molecular weight excluding hydrogens is 517 g/mol. The normalized spacial score (nSPS) is 31.8. The van der Waals surface area contributed by atoms with E-state index in [9.17, 15) is 34.8 Å². The number of carbonyl (C=O) groups is 3. The Bertz CT molecular complexity index is 1410. The standard InChI is InChI=1S/C27H28FNO10/c1-9-20(29)25(35)19(28)26(38-9)39-14-8-27(36,10(2)30)7-12-16(14)24(34)18-17(22(12)32)21(31)11-5-4-6-13(37-3)15(11)23(18)33/h4-6,9,14,19-20,25-26,32,34-36H,7-8,29H2,1-3H3/t9-,14-,19+,20+,25-,26-,27-/m0/s1. The van der Waals surface area contributed by atoms with Crippen LogP contribution in [0.1, 0.15) is 69.3 Å². The number of aliphatic hydroxyl groups excluding tert-OH is 1. The Morgan fingerprint density at radius 2 is 1.82 bits per heavy atom. The lowest BCUT2D eigenvalue weighted by Gasteiger charge is -2.43. The second-order valence-electron chi connectivity index (χ2n) is 10.2. The van der Waals surface area contributed by atoms with Gasteiger partial charge in [-0.15, -0.1) is 0 Å². The Hall–Kier alpha value is -3.42. The van der Waals surface area contributed by atoms with Crippen molar-refractivity contribution in [3.63, 3.8) is 0 Å². The molecule has 0 amide bonds. The highest BCUT2D eigenvalue weighted by Crippen LogP contribution is 2.52. The number of methoxy groups -OCH3 is 1. The van der Waals surface area contributed by atoms with Crippen molar-refractivity contribution in [2.24, 2.45) is 5.73 Å². The number of rotatable bonds is 4. The summed E-state index contributed by atoms with van der Waals surface area (Å²) >= 11 is 0. The summed E-state index contributed by atoms with van der Waals surface area (Å²) in [7, 11) is 1.30. The molecule has 1 heterocycles. The zero-order valence-corrected chi connectivity index (χ0v) is 21.3. The number of hydrogen-bond acceptors (Lipinski definition) is 11. The third-order valence-corrected chi connectivity index (χ3v) is 7.90. The summed E-state index contributed by atoms with van der Waals surface area (Å²) in [6, 6.07) is 3.26. The monoisotopic (exact) mass is 545 g/mol. The second kappa shape index (κ2) is 9.35. The number of Topliss-reactive ketones (excluding diaryl/α,β-unsaturated/α-hetero) is 1. The van der Waals surface area contributed by atoms with Gasteiger partial charge in [0.15, 0.2) is 24.0 Å². The van der Waals surface area contributed by atoms with Gasteiger partial charge in [-0.05, 0) is 19.9 Å². The minimum Gasteiger partial charge on any atom is -0.507 e. The van der Waals surface area contributed by atoms with Crippen LogP contribution in [0.4, 0.5) is 4.39 Å². The minimum absolute atomic E-state index is 0.0675. The van der Waals surface area contributed by atoms with Gasteiger partial charge in [0.1, 0.15) is 29.0 Å². The van der Waals surface area contributed by atoms with Gasteiger partial charge in [-0.25, -0.2) is 4.39 Å². The van der Waals surface area contributed by atoms with Gasteiger partial charge in [0.2, 0.25) is 5.78 Å². The third kappa shape index (κ3) is 3.94. The highest BCUT2D eigenvalue weighted by atomic mass is 19.1. The largest absolute Gasteiger partial charge is 0.507 e. The van der Waals surface area contributed by atoms with E-state index in [1.807, 2.05) is 0 Å². The van der Waals surface area contributed by atoms with E-state index in [2.05, 4.69) is 0 Å². The Labute approximate surface area is 221 Å².